The number of aliphatic hydroxyl groups is 2. The van der Waals surface area contributed by atoms with Crippen LogP contribution in [-0.4, -0.2) is 66.3 Å². The van der Waals surface area contributed by atoms with Crippen molar-refractivity contribution in [3.05, 3.63) is 0 Å². The molecule has 0 spiro atoms. The Bertz CT molecular complexity index is 519. The third-order valence-corrected chi connectivity index (χ3v) is 6.29. The van der Waals surface area contributed by atoms with E-state index >= 15 is 0 Å². The Morgan fingerprint density at radius 3 is 1.74 bits per heavy atom. The fourth-order valence-corrected chi connectivity index (χ4v) is 4.20. The van der Waals surface area contributed by atoms with Crippen LogP contribution in [0.3, 0.4) is 0 Å². The van der Waals surface area contributed by atoms with Crippen LogP contribution in [0.15, 0.2) is 0 Å². The maximum Gasteiger partial charge on any atom is 0.472 e. The third-order valence-electron chi connectivity index (χ3n) is 5.34. The molecule has 0 aromatic heterocycles. The maximum absolute atomic E-state index is 11.8. The summed E-state index contributed by atoms with van der Waals surface area (Å²) in [5.74, 6) is -0.557. The lowest BCUT2D eigenvalue weighted by atomic mass is 10.0. The minimum absolute atomic E-state index is 0.0390. The van der Waals surface area contributed by atoms with Gasteiger partial charge in [-0.3, -0.25) is 13.8 Å². The van der Waals surface area contributed by atoms with Crippen LogP contribution in [0, 0.1) is 0 Å². The largest absolute Gasteiger partial charge is 0.472 e. The van der Waals surface area contributed by atoms with Gasteiger partial charge >= 0.3 is 13.8 Å². The predicted octanol–water partition coefficient (Wildman–Crippen LogP) is 4.90. The smallest absolute Gasteiger partial charge is 0.458 e. The number of rotatable bonds is 25. The normalized spacial score (nSPS) is 15.1. The number of ether oxygens (including phenoxy) is 2. The van der Waals surface area contributed by atoms with E-state index in [1.165, 1.54) is 84.0 Å². The molecule has 0 aliphatic carbocycles. The average Bonchev–Trinajstić information content (AvgIpc) is 2.80. The van der Waals surface area contributed by atoms with E-state index in [4.69, 9.17) is 19.1 Å². The number of phosphoric acid groups is 1. The molecule has 34 heavy (non-hydrogen) atoms. The van der Waals surface area contributed by atoms with Gasteiger partial charge in [-0.25, -0.2) is 4.57 Å². The lowest BCUT2D eigenvalue weighted by Crippen LogP contribution is -2.28. The molecule has 0 aromatic carbocycles. The number of aliphatic hydroxyl groups excluding tert-OH is 2. The summed E-state index contributed by atoms with van der Waals surface area (Å²) in [6.07, 6.45) is 15.7. The minimum Gasteiger partial charge on any atom is -0.458 e. The maximum atomic E-state index is 11.8. The summed E-state index contributed by atoms with van der Waals surface area (Å²) in [7, 11) is -4.45. The van der Waals surface area contributed by atoms with E-state index in [2.05, 4.69) is 11.4 Å². The topological polar surface area (TPSA) is 132 Å². The van der Waals surface area contributed by atoms with Gasteiger partial charge < -0.3 is 24.6 Å². The van der Waals surface area contributed by atoms with Gasteiger partial charge in [-0.2, -0.15) is 0 Å². The van der Waals surface area contributed by atoms with Crippen LogP contribution in [0.25, 0.3) is 0 Å². The fourth-order valence-electron chi connectivity index (χ4n) is 3.41. The van der Waals surface area contributed by atoms with Crippen LogP contribution in [0.5, 0.6) is 0 Å². The number of hydrogen-bond donors (Lipinski definition) is 3. The highest BCUT2D eigenvalue weighted by molar-refractivity contribution is 7.47. The molecule has 0 bridgehead atoms. The molecule has 0 saturated heterocycles. The molecule has 1 unspecified atom stereocenters. The average molecular weight is 513 g/mol. The van der Waals surface area contributed by atoms with Crippen molar-refractivity contribution < 1.29 is 43.0 Å². The van der Waals surface area contributed by atoms with E-state index in [9.17, 15) is 19.4 Å². The fraction of sp³-hybridized carbons (Fsp3) is 0.958. The molecule has 0 amide bonds. The Kier molecular flexibility index (Phi) is 22.5. The molecular weight excluding hydrogens is 463 g/mol. The minimum atomic E-state index is -4.45. The summed E-state index contributed by atoms with van der Waals surface area (Å²) in [6, 6.07) is 0. The summed E-state index contributed by atoms with van der Waals surface area (Å²) in [5, 5.41) is 17.9. The number of hydrogen-bond acceptors (Lipinski definition) is 8. The lowest BCUT2D eigenvalue weighted by molar-refractivity contribution is -0.151. The number of unbranched alkanes of at least 4 members (excludes halogenated alkanes) is 13. The van der Waals surface area contributed by atoms with Gasteiger partial charge in [-0.1, -0.05) is 90.4 Å². The number of carbonyl (C=O) groups is 1. The van der Waals surface area contributed by atoms with Crippen LogP contribution in [0.4, 0.5) is 0 Å². The Morgan fingerprint density at radius 2 is 1.26 bits per heavy atom. The molecule has 10 heteroatoms. The Labute approximate surface area is 206 Å². The second kappa shape index (κ2) is 22.9. The Balaban J connectivity index is 3.74. The van der Waals surface area contributed by atoms with Crippen LogP contribution in [-0.2, 0) is 27.9 Å². The zero-order chi connectivity index (χ0) is 25.5. The van der Waals surface area contributed by atoms with Crippen molar-refractivity contribution in [3.8, 4) is 0 Å². The van der Waals surface area contributed by atoms with Gasteiger partial charge in [0.1, 0.15) is 12.2 Å². The second-order valence-corrected chi connectivity index (χ2v) is 10.3. The highest BCUT2D eigenvalue weighted by Gasteiger charge is 2.25. The number of phosphoric ester groups is 1. The van der Waals surface area contributed by atoms with Gasteiger partial charge in [0.15, 0.2) is 0 Å². The predicted molar refractivity (Wildman–Crippen MR) is 132 cm³/mol. The SMILES string of the molecule is CCCCCCCCCCCCCCCCOC[C@H](COP(=O)(O)OC[C@@H](O)CO)OC(C)=O. The first kappa shape index (κ1) is 33.5. The monoisotopic (exact) mass is 512 g/mol. The summed E-state index contributed by atoms with van der Waals surface area (Å²) >= 11 is 0. The molecule has 0 radical (unpaired) electrons. The van der Waals surface area contributed by atoms with Gasteiger partial charge in [0.05, 0.1) is 26.4 Å². The zero-order valence-corrected chi connectivity index (χ0v) is 22.2. The molecule has 3 N–H and O–H groups in total. The molecule has 0 saturated carbocycles. The van der Waals surface area contributed by atoms with Crippen molar-refractivity contribution in [1.29, 1.82) is 0 Å². The summed E-state index contributed by atoms with van der Waals surface area (Å²) in [4.78, 5) is 20.8. The Morgan fingerprint density at radius 1 is 0.794 bits per heavy atom. The van der Waals surface area contributed by atoms with Crippen LogP contribution < -0.4 is 0 Å². The quantitative estimate of drug-likeness (QED) is 0.0887. The zero-order valence-electron chi connectivity index (χ0n) is 21.3. The molecule has 0 fully saturated rings. The molecule has 0 aromatic rings. The van der Waals surface area contributed by atoms with E-state index in [0.29, 0.717) is 6.61 Å². The molecule has 3 atom stereocenters. The highest BCUT2D eigenvalue weighted by Crippen LogP contribution is 2.43. The molecular formula is C24H49O9P. The van der Waals surface area contributed by atoms with Crippen molar-refractivity contribution in [3.63, 3.8) is 0 Å². The van der Waals surface area contributed by atoms with Gasteiger partial charge in [0, 0.05) is 13.5 Å². The number of carbonyl (C=O) groups excluding carboxylic acids is 1. The molecule has 204 valence electrons. The number of esters is 1. The van der Waals surface area contributed by atoms with Crippen LogP contribution >= 0.6 is 7.82 Å². The molecule has 0 aliphatic heterocycles. The van der Waals surface area contributed by atoms with Gasteiger partial charge in [0.25, 0.3) is 0 Å². The molecule has 9 nitrogen and oxygen atoms in total. The standard InChI is InChI=1S/C24H49O9P/c1-3-4-5-6-7-8-9-10-11-12-13-14-15-16-17-30-20-24(33-22(2)26)21-32-34(28,29)31-19-23(27)18-25/h23-25,27H,3-21H2,1-2H3,(H,28,29)/t23-,24+/m0/s1. The van der Waals surface area contributed by atoms with E-state index in [1.807, 2.05) is 0 Å². The van der Waals surface area contributed by atoms with E-state index in [1.54, 1.807) is 0 Å². The van der Waals surface area contributed by atoms with Crippen molar-refractivity contribution in [2.24, 2.45) is 0 Å². The van der Waals surface area contributed by atoms with Gasteiger partial charge in [-0.15, -0.1) is 0 Å². The summed E-state index contributed by atoms with van der Waals surface area (Å²) in [5.41, 5.74) is 0. The molecule has 0 aliphatic rings. The van der Waals surface area contributed by atoms with Crippen molar-refractivity contribution in [2.75, 3.05) is 33.0 Å². The molecule has 0 rings (SSSR count). The highest BCUT2D eigenvalue weighted by atomic mass is 31.2. The third kappa shape index (κ3) is 23.2. The van der Waals surface area contributed by atoms with Crippen molar-refractivity contribution >= 4 is 13.8 Å². The molecule has 0 heterocycles. The van der Waals surface area contributed by atoms with Crippen LogP contribution in [0.2, 0.25) is 0 Å². The first-order valence-corrected chi connectivity index (χ1v) is 14.5. The second-order valence-electron chi connectivity index (χ2n) is 8.80. The van der Waals surface area contributed by atoms with Gasteiger partial charge in [-0.05, 0) is 6.42 Å². The van der Waals surface area contributed by atoms with Crippen LogP contribution in [0.1, 0.15) is 104 Å². The lowest BCUT2D eigenvalue weighted by Gasteiger charge is -2.19. The summed E-state index contributed by atoms with van der Waals surface area (Å²) < 4.78 is 31.8. The van der Waals surface area contributed by atoms with Gasteiger partial charge in [0.2, 0.25) is 0 Å². The first-order chi connectivity index (χ1) is 16.3. The van der Waals surface area contributed by atoms with Crippen molar-refractivity contribution in [1.82, 2.24) is 0 Å². The van der Waals surface area contributed by atoms with Crippen molar-refractivity contribution in [2.45, 2.75) is 116 Å². The Hall–Kier alpha value is -0.540. The first-order valence-electron chi connectivity index (χ1n) is 13.0. The summed E-state index contributed by atoms with van der Waals surface area (Å²) in [6.45, 7) is 2.47. The van der Waals surface area contributed by atoms with E-state index < -0.39 is 39.2 Å². The van der Waals surface area contributed by atoms with E-state index in [0.717, 1.165) is 12.8 Å². The van der Waals surface area contributed by atoms with E-state index in [-0.39, 0.29) is 13.2 Å².